The van der Waals surface area contributed by atoms with Gasteiger partial charge in [-0.15, -0.1) is 11.8 Å². The summed E-state index contributed by atoms with van der Waals surface area (Å²) in [4.78, 5) is 37.5. The molecule has 172 valence electrons. The molecule has 33 heavy (non-hydrogen) atoms. The van der Waals surface area contributed by atoms with Gasteiger partial charge in [-0.3, -0.25) is 9.59 Å². The van der Waals surface area contributed by atoms with Gasteiger partial charge in [-0.1, -0.05) is 48.5 Å². The van der Waals surface area contributed by atoms with Crippen LogP contribution in [0.4, 0.5) is 4.79 Å². The third-order valence-electron chi connectivity index (χ3n) is 5.68. The van der Waals surface area contributed by atoms with Crippen LogP contribution in [-0.2, 0) is 14.3 Å². The van der Waals surface area contributed by atoms with E-state index >= 15 is 0 Å². The van der Waals surface area contributed by atoms with Gasteiger partial charge < -0.3 is 20.1 Å². The zero-order valence-electron chi connectivity index (χ0n) is 18.8. The quantitative estimate of drug-likeness (QED) is 0.571. The number of alkyl carbamates (subject to hydrolysis) is 1. The highest BCUT2D eigenvalue weighted by molar-refractivity contribution is 5.86. The van der Waals surface area contributed by atoms with Gasteiger partial charge in [0, 0.05) is 32.4 Å². The summed E-state index contributed by atoms with van der Waals surface area (Å²) >= 11 is 0. The summed E-state index contributed by atoms with van der Waals surface area (Å²) in [6.07, 6.45) is -0.249. The lowest BCUT2D eigenvalue weighted by molar-refractivity contribution is -0.138. The number of rotatable bonds is 9. The van der Waals surface area contributed by atoms with E-state index in [2.05, 4.69) is 29.3 Å². The number of hydrogen-bond donors (Lipinski definition) is 2. The Hall–Kier alpha value is -3.79. The van der Waals surface area contributed by atoms with E-state index in [0.29, 0.717) is 6.42 Å². The van der Waals surface area contributed by atoms with Crippen molar-refractivity contribution in [2.24, 2.45) is 0 Å². The van der Waals surface area contributed by atoms with Crippen molar-refractivity contribution in [3.05, 3.63) is 59.7 Å². The van der Waals surface area contributed by atoms with Gasteiger partial charge in [0.2, 0.25) is 5.91 Å². The number of ether oxygens (including phenoxy) is 1. The molecule has 1 unspecified atom stereocenters. The van der Waals surface area contributed by atoms with E-state index < -0.39 is 18.1 Å². The second kappa shape index (κ2) is 11.2. The minimum Gasteiger partial charge on any atom is -0.481 e. The summed E-state index contributed by atoms with van der Waals surface area (Å²) in [5, 5.41) is 11.4. The van der Waals surface area contributed by atoms with Crippen molar-refractivity contribution in [1.82, 2.24) is 10.2 Å². The Morgan fingerprint density at radius 1 is 1.09 bits per heavy atom. The van der Waals surface area contributed by atoms with Gasteiger partial charge in [0.1, 0.15) is 12.6 Å². The summed E-state index contributed by atoms with van der Waals surface area (Å²) in [6, 6.07) is 15.2. The van der Waals surface area contributed by atoms with E-state index in [1.54, 1.807) is 14.0 Å². The van der Waals surface area contributed by atoms with Gasteiger partial charge >= 0.3 is 12.1 Å². The Kier molecular flexibility index (Phi) is 8.09. The molecule has 1 aliphatic carbocycles. The first-order valence-corrected chi connectivity index (χ1v) is 10.9. The Morgan fingerprint density at radius 2 is 1.70 bits per heavy atom. The molecule has 1 atom stereocenters. The predicted molar refractivity (Wildman–Crippen MR) is 125 cm³/mol. The predicted octanol–water partition coefficient (Wildman–Crippen LogP) is 3.63. The first-order valence-electron chi connectivity index (χ1n) is 10.9. The fraction of sp³-hybridized carbons (Fsp3) is 0.346. The maximum absolute atomic E-state index is 12.8. The van der Waals surface area contributed by atoms with Gasteiger partial charge in [-0.25, -0.2) is 4.79 Å². The number of carboxylic acids is 1. The molecule has 0 spiro atoms. The molecule has 0 radical (unpaired) electrons. The second-order valence-electron chi connectivity index (χ2n) is 7.91. The van der Waals surface area contributed by atoms with Crippen LogP contribution in [0.5, 0.6) is 0 Å². The zero-order valence-corrected chi connectivity index (χ0v) is 18.8. The molecule has 2 N–H and O–H groups in total. The summed E-state index contributed by atoms with van der Waals surface area (Å²) in [6.45, 7) is 2.08. The molecule has 0 heterocycles. The molecular formula is C26H28N2O5. The molecule has 0 fully saturated rings. The molecule has 0 aliphatic heterocycles. The van der Waals surface area contributed by atoms with E-state index in [0.717, 1.165) is 22.3 Å². The molecule has 2 aromatic rings. The average Bonchev–Trinajstić information content (AvgIpc) is 3.13. The molecular weight excluding hydrogens is 420 g/mol. The maximum Gasteiger partial charge on any atom is 0.407 e. The summed E-state index contributed by atoms with van der Waals surface area (Å²) in [5.41, 5.74) is 4.48. The number of nitrogens with zero attached hydrogens (tertiary/aromatic N) is 1. The number of aliphatic carboxylic acids is 1. The molecule has 0 aromatic heterocycles. The number of likely N-dealkylation sites (N-methyl/N-ethyl adjacent to an activating group) is 1. The lowest BCUT2D eigenvalue weighted by Crippen LogP contribution is -2.47. The zero-order chi connectivity index (χ0) is 23.8. The molecule has 7 heteroatoms. The largest absolute Gasteiger partial charge is 0.481 e. The van der Waals surface area contributed by atoms with E-state index in [1.807, 2.05) is 36.4 Å². The normalized spacial score (nSPS) is 12.5. The molecule has 0 bridgehead atoms. The molecule has 3 rings (SSSR count). The number of fused-ring (bicyclic) bond motifs is 3. The smallest absolute Gasteiger partial charge is 0.407 e. The van der Waals surface area contributed by atoms with Gasteiger partial charge in [-0.05, 0) is 35.6 Å². The third-order valence-corrected chi connectivity index (χ3v) is 5.68. The lowest BCUT2D eigenvalue weighted by Gasteiger charge is -2.23. The van der Waals surface area contributed by atoms with Crippen molar-refractivity contribution in [3.8, 4) is 23.0 Å². The minimum absolute atomic E-state index is 0.0309. The Morgan fingerprint density at radius 3 is 2.27 bits per heavy atom. The molecule has 7 nitrogen and oxygen atoms in total. The number of carboxylic acid groups (broad SMARTS) is 1. The average molecular weight is 449 g/mol. The van der Waals surface area contributed by atoms with Crippen LogP contribution in [0, 0.1) is 11.8 Å². The fourth-order valence-electron chi connectivity index (χ4n) is 4.03. The Balaban J connectivity index is 1.63. The fourth-order valence-corrected chi connectivity index (χ4v) is 4.03. The molecule has 2 aromatic carbocycles. The number of nitrogens with one attached hydrogen (secondary N) is 1. The maximum atomic E-state index is 12.8. The van der Waals surface area contributed by atoms with E-state index in [9.17, 15) is 14.4 Å². The minimum atomic E-state index is -0.916. The summed E-state index contributed by atoms with van der Waals surface area (Å²) in [5.74, 6) is 4.23. The lowest BCUT2D eigenvalue weighted by atomic mass is 9.98. The summed E-state index contributed by atoms with van der Waals surface area (Å²) < 4.78 is 5.55. The number of amides is 2. The van der Waals surface area contributed by atoms with Gasteiger partial charge in [-0.2, -0.15) is 0 Å². The van der Waals surface area contributed by atoms with Crippen LogP contribution in [0.15, 0.2) is 48.5 Å². The van der Waals surface area contributed by atoms with Gasteiger partial charge in [0.25, 0.3) is 0 Å². The first kappa shape index (κ1) is 23.9. The highest BCUT2D eigenvalue weighted by Crippen LogP contribution is 2.44. The van der Waals surface area contributed by atoms with Crippen LogP contribution in [0.3, 0.4) is 0 Å². The molecule has 0 saturated carbocycles. The highest BCUT2D eigenvalue weighted by atomic mass is 16.5. The van der Waals surface area contributed by atoms with E-state index in [4.69, 9.17) is 9.84 Å². The number of benzene rings is 2. The van der Waals surface area contributed by atoms with Crippen molar-refractivity contribution in [2.75, 3.05) is 20.2 Å². The number of carbonyl (C=O) groups excluding carboxylic acids is 2. The third kappa shape index (κ3) is 5.92. The van der Waals surface area contributed by atoms with Crippen LogP contribution in [-0.4, -0.2) is 54.2 Å². The van der Waals surface area contributed by atoms with Gasteiger partial charge in [0.05, 0.1) is 0 Å². The van der Waals surface area contributed by atoms with Crippen LogP contribution >= 0.6 is 0 Å². The second-order valence-corrected chi connectivity index (χ2v) is 7.91. The monoisotopic (exact) mass is 448 g/mol. The van der Waals surface area contributed by atoms with Crippen molar-refractivity contribution in [1.29, 1.82) is 0 Å². The molecule has 1 aliphatic rings. The van der Waals surface area contributed by atoms with E-state index in [1.165, 1.54) is 4.90 Å². The van der Waals surface area contributed by atoms with Crippen LogP contribution in [0.25, 0.3) is 11.1 Å². The first-order chi connectivity index (χ1) is 15.9. The number of hydrogen-bond acceptors (Lipinski definition) is 4. The van der Waals surface area contributed by atoms with Crippen LogP contribution in [0.1, 0.15) is 43.2 Å². The molecule has 2 amide bonds. The van der Waals surface area contributed by atoms with E-state index in [-0.39, 0.29) is 37.8 Å². The highest BCUT2D eigenvalue weighted by Gasteiger charge is 2.30. The Labute approximate surface area is 193 Å². The number of carbonyl (C=O) groups is 3. The summed E-state index contributed by atoms with van der Waals surface area (Å²) in [7, 11) is 1.58. The van der Waals surface area contributed by atoms with Crippen LogP contribution < -0.4 is 5.32 Å². The topological polar surface area (TPSA) is 95.9 Å². The van der Waals surface area contributed by atoms with Crippen LogP contribution in [0.2, 0.25) is 0 Å². The van der Waals surface area contributed by atoms with Crippen molar-refractivity contribution in [3.63, 3.8) is 0 Å². The van der Waals surface area contributed by atoms with Crippen molar-refractivity contribution in [2.45, 2.75) is 38.1 Å². The Bertz CT molecular complexity index is 1040. The standard InChI is InChI=1S/C26H28N2O5/c1-3-4-14-23(25(31)28(2)16-9-15-24(29)30)27-26(32)33-17-22-20-12-7-5-10-18(20)19-11-6-8-13-21(19)22/h5-8,10-13,22-23H,9,14-17H2,1-2H3,(H,27,32)(H,29,30). The molecule has 0 saturated heterocycles. The van der Waals surface area contributed by atoms with Gasteiger partial charge in [0.15, 0.2) is 0 Å². The van der Waals surface area contributed by atoms with Crippen molar-refractivity contribution < 1.29 is 24.2 Å². The van der Waals surface area contributed by atoms with Crippen molar-refractivity contribution >= 4 is 18.0 Å². The SMILES string of the molecule is CC#CCC(NC(=O)OCC1c2ccccc2-c2ccccc21)C(=O)N(C)CCCC(=O)O.